The number of nitrogens with one attached hydrogen (secondary N) is 1. The zero-order chi connectivity index (χ0) is 13.6. The number of para-hydroxylation sites is 2. The molecule has 2 aliphatic rings. The molecule has 1 aromatic carbocycles. The Hall–Kier alpha value is -2.25. The smallest absolute Gasteiger partial charge is 0.235 e. The number of aromatic nitrogens is 1. The van der Waals surface area contributed by atoms with Crippen molar-refractivity contribution in [1.29, 1.82) is 0 Å². The third kappa shape index (κ3) is 1.44. The molecule has 4 nitrogen and oxygen atoms in total. The zero-order valence-electron chi connectivity index (χ0n) is 11.1. The minimum Gasteiger partial charge on any atom is -0.474 e. The van der Waals surface area contributed by atoms with Crippen molar-refractivity contribution >= 4 is 5.82 Å². The standard InChI is InChI=1S/C16H15N3O/c1-17-15-7-6-14-16(8-10-18-11-9-16)20-13-5-3-2-4-12(13)19(14)15/h2-7,18H,8-11H2. The number of rotatable bonds is 0. The largest absolute Gasteiger partial charge is 0.474 e. The fraction of sp³-hybridized carbons (Fsp3) is 0.312. The molecule has 20 heavy (non-hydrogen) atoms. The van der Waals surface area contributed by atoms with E-state index in [1.165, 1.54) is 0 Å². The molecule has 100 valence electrons. The molecule has 1 N–H and O–H groups in total. The van der Waals surface area contributed by atoms with Gasteiger partial charge in [-0.2, -0.15) is 0 Å². The molecule has 0 atom stereocenters. The van der Waals surface area contributed by atoms with Gasteiger partial charge in [0.25, 0.3) is 0 Å². The topological polar surface area (TPSA) is 30.5 Å². The van der Waals surface area contributed by atoms with Crippen molar-refractivity contribution < 1.29 is 4.74 Å². The predicted octanol–water partition coefficient (Wildman–Crippen LogP) is 3.00. The zero-order valence-corrected chi connectivity index (χ0v) is 11.1. The van der Waals surface area contributed by atoms with Gasteiger partial charge in [0.05, 0.1) is 0 Å². The molecule has 0 amide bonds. The van der Waals surface area contributed by atoms with E-state index in [1.54, 1.807) is 0 Å². The van der Waals surface area contributed by atoms with Gasteiger partial charge in [-0.05, 0) is 37.4 Å². The molecular formula is C16H15N3O. The summed E-state index contributed by atoms with van der Waals surface area (Å²) in [6.45, 7) is 9.29. The van der Waals surface area contributed by atoms with Crippen LogP contribution in [0.5, 0.6) is 5.75 Å². The third-order valence-corrected chi connectivity index (χ3v) is 4.26. The molecule has 0 saturated carbocycles. The molecule has 0 radical (unpaired) electrons. The van der Waals surface area contributed by atoms with E-state index in [1.807, 2.05) is 30.3 Å². The van der Waals surface area contributed by atoms with Gasteiger partial charge in [0.15, 0.2) is 17.0 Å². The van der Waals surface area contributed by atoms with Gasteiger partial charge in [0.2, 0.25) is 5.82 Å². The fourth-order valence-corrected chi connectivity index (χ4v) is 3.30. The average Bonchev–Trinajstić information content (AvgIpc) is 2.94. The lowest BCUT2D eigenvalue weighted by Gasteiger charge is -2.40. The summed E-state index contributed by atoms with van der Waals surface area (Å²) in [6.07, 6.45) is 1.87. The van der Waals surface area contributed by atoms with Gasteiger partial charge < -0.3 is 14.9 Å². The summed E-state index contributed by atoms with van der Waals surface area (Å²) >= 11 is 0. The van der Waals surface area contributed by atoms with E-state index in [2.05, 4.69) is 20.8 Å². The lowest BCUT2D eigenvalue weighted by Crippen LogP contribution is -2.46. The number of piperidine rings is 1. The maximum atomic E-state index is 7.40. The molecular weight excluding hydrogens is 250 g/mol. The highest BCUT2D eigenvalue weighted by Crippen LogP contribution is 2.46. The summed E-state index contributed by atoms with van der Waals surface area (Å²) in [6, 6.07) is 11.9. The third-order valence-electron chi connectivity index (χ3n) is 4.26. The number of fused-ring (bicyclic) bond motifs is 4. The Bertz CT molecular complexity index is 705. The van der Waals surface area contributed by atoms with Gasteiger partial charge in [-0.3, -0.25) is 4.57 Å². The molecule has 4 rings (SSSR count). The first-order chi connectivity index (χ1) is 9.84. The molecule has 1 aromatic heterocycles. The Morgan fingerprint density at radius 1 is 1.15 bits per heavy atom. The van der Waals surface area contributed by atoms with Crippen molar-refractivity contribution in [3.63, 3.8) is 0 Å². The highest BCUT2D eigenvalue weighted by atomic mass is 16.5. The second-order valence-corrected chi connectivity index (χ2v) is 5.34. The lowest BCUT2D eigenvalue weighted by atomic mass is 9.87. The Kier molecular flexibility index (Phi) is 2.38. The number of hydrogen-bond donors (Lipinski definition) is 1. The van der Waals surface area contributed by atoms with Crippen LogP contribution in [-0.4, -0.2) is 17.7 Å². The molecule has 4 heteroatoms. The van der Waals surface area contributed by atoms with Crippen LogP contribution in [0.2, 0.25) is 0 Å². The van der Waals surface area contributed by atoms with Crippen LogP contribution in [0.1, 0.15) is 18.5 Å². The van der Waals surface area contributed by atoms with Gasteiger partial charge in [0.1, 0.15) is 5.69 Å². The van der Waals surface area contributed by atoms with Crippen molar-refractivity contribution in [2.75, 3.05) is 13.1 Å². The van der Waals surface area contributed by atoms with Gasteiger partial charge in [-0.1, -0.05) is 18.7 Å². The molecule has 0 bridgehead atoms. The normalized spacial score (nSPS) is 18.8. The van der Waals surface area contributed by atoms with Crippen LogP contribution < -0.4 is 10.1 Å². The Labute approximate surface area is 117 Å². The van der Waals surface area contributed by atoms with Crippen LogP contribution in [0.4, 0.5) is 5.82 Å². The highest BCUT2D eigenvalue weighted by Gasteiger charge is 2.45. The van der Waals surface area contributed by atoms with E-state index >= 15 is 0 Å². The number of nitrogens with zero attached hydrogens (tertiary/aromatic N) is 2. The summed E-state index contributed by atoms with van der Waals surface area (Å²) < 4.78 is 8.45. The summed E-state index contributed by atoms with van der Waals surface area (Å²) in [5, 5.41) is 3.38. The number of benzene rings is 1. The molecule has 1 spiro atoms. The lowest BCUT2D eigenvalue weighted by molar-refractivity contribution is 0.0205. The average molecular weight is 265 g/mol. The van der Waals surface area contributed by atoms with Crippen molar-refractivity contribution in [2.45, 2.75) is 18.4 Å². The van der Waals surface area contributed by atoms with Crippen LogP contribution in [0.3, 0.4) is 0 Å². The van der Waals surface area contributed by atoms with E-state index < -0.39 is 0 Å². The van der Waals surface area contributed by atoms with Crippen LogP contribution in [0.15, 0.2) is 36.4 Å². The van der Waals surface area contributed by atoms with Gasteiger partial charge in [-0.25, -0.2) is 0 Å². The summed E-state index contributed by atoms with van der Waals surface area (Å²) in [5.41, 5.74) is 1.80. The van der Waals surface area contributed by atoms with Crippen LogP contribution in [-0.2, 0) is 5.60 Å². The van der Waals surface area contributed by atoms with Gasteiger partial charge in [0, 0.05) is 12.8 Å². The summed E-state index contributed by atoms with van der Waals surface area (Å²) in [4.78, 5) is 3.66. The highest BCUT2D eigenvalue weighted by molar-refractivity contribution is 5.59. The summed E-state index contributed by atoms with van der Waals surface area (Å²) in [7, 11) is 0. The van der Waals surface area contributed by atoms with E-state index in [9.17, 15) is 0 Å². The fourth-order valence-electron chi connectivity index (χ4n) is 3.30. The van der Waals surface area contributed by atoms with Gasteiger partial charge >= 0.3 is 0 Å². The minimum atomic E-state index is -0.289. The van der Waals surface area contributed by atoms with Crippen molar-refractivity contribution in [3.8, 4) is 11.4 Å². The SMILES string of the molecule is [C-]#[N+]c1ccc2n1-c1ccccc1OC21CCNCC1. The first kappa shape index (κ1) is 11.6. The monoisotopic (exact) mass is 265 g/mol. The second kappa shape index (κ2) is 4.12. The van der Waals surface area contributed by atoms with Crippen molar-refractivity contribution in [2.24, 2.45) is 0 Å². The number of hydrogen-bond acceptors (Lipinski definition) is 2. The van der Waals surface area contributed by atoms with Crippen molar-refractivity contribution in [1.82, 2.24) is 9.88 Å². The van der Waals surface area contributed by atoms with Crippen LogP contribution in [0, 0.1) is 6.57 Å². The summed E-state index contributed by atoms with van der Waals surface area (Å²) in [5.74, 6) is 1.54. The van der Waals surface area contributed by atoms with Crippen LogP contribution >= 0.6 is 0 Å². The predicted molar refractivity (Wildman–Crippen MR) is 76.4 cm³/mol. The maximum Gasteiger partial charge on any atom is 0.235 e. The molecule has 0 aliphatic carbocycles. The van der Waals surface area contributed by atoms with Crippen LogP contribution in [0.25, 0.3) is 10.5 Å². The molecule has 1 fully saturated rings. The Balaban J connectivity index is 1.98. The molecule has 2 aliphatic heterocycles. The first-order valence-electron chi connectivity index (χ1n) is 6.93. The van der Waals surface area contributed by atoms with E-state index in [0.29, 0.717) is 5.82 Å². The molecule has 3 heterocycles. The Morgan fingerprint density at radius 2 is 1.95 bits per heavy atom. The molecule has 1 saturated heterocycles. The van der Waals surface area contributed by atoms with Gasteiger partial charge in [-0.15, -0.1) is 0 Å². The first-order valence-corrected chi connectivity index (χ1v) is 6.93. The number of ether oxygens (including phenoxy) is 1. The quantitative estimate of drug-likeness (QED) is 0.742. The van der Waals surface area contributed by atoms with Crippen molar-refractivity contribution in [3.05, 3.63) is 53.5 Å². The minimum absolute atomic E-state index is 0.289. The van der Waals surface area contributed by atoms with E-state index in [4.69, 9.17) is 11.3 Å². The Morgan fingerprint density at radius 3 is 2.75 bits per heavy atom. The molecule has 0 unspecified atom stereocenters. The second-order valence-electron chi connectivity index (χ2n) is 5.34. The van der Waals surface area contributed by atoms with E-state index in [-0.39, 0.29) is 5.60 Å². The maximum absolute atomic E-state index is 7.40. The molecule has 2 aromatic rings. The van der Waals surface area contributed by atoms with E-state index in [0.717, 1.165) is 43.1 Å².